The summed E-state index contributed by atoms with van der Waals surface area (Å²) in [6.45, 7) is 6.23. The molecule has 9 nitrogen and oxygen atoms in total. The SMILES string of the molecule is CC(C)(C)OC(=O)N1CCCN(C2C=CN(c3ccccc3)C(c3ccc(=O)[nH]c3)=N2)C(=O)C1. The lowest BCUT2D eigenvalue weighted by atomic mass is 10.2. The van der Waals surface area contributed by atoms with Crippen molar-refractivity contribution in [3.05, 3.63) is 76.9 Å². The zero-order valence-corrected chi connectivity index (χ0v) is 19.6. The van der Waals surface area contributed by atoms with Gasteiger partial charge in [-0.1, -0.05) is 18.2 Å². The summed E-state index contributed by atoms with van der Waals surface area (Å²) < 4.78 is 5.45. The van der Waals surface area contributed by atoms with Crippen LogP contribution in [0.4, 0.5) is 10.5 Å². The van der Waals surface area contributed by atoms with Crippen molar-refractivity contribution in [1.29, 1.82) is 0 Å². The summed E-state index contributed by atoms with van der Waals surface area (Å²) in [5.41, 5.74) is 0.786. The molecule has 2 aliphatic rings. The Bertz CT molecular complexity index is 1150. The highest BCUT2D eigenvalue weighted by atomic mass is 16.6. The molecular weight excluding hydrogens is 434 g/mol. The van der Waals surface area contributed by atoms with Gasteiger partial charge in [0.05, 0.1) is 0 Å². The minimum atomic E-state index is -0.630. The minimum absolute atomic E-state index is 0.0643. The smallest absolute Gasteiger partial charge is 0.410 e. The largest absolute Gasteiger partial charge is 0.444 e. The lowest BCUT2D eigenvalue weighted by molar-refractivity contribution is -0.132. The summed E-state index contributed by atoms with van der Waals surface area (Å²) in [4.78, 5) is 49.9. The molecule has 1 atom stereocenters. The van der Waals surface area contributed by atoms with Gasteiger partial charge in [-0.05, 0) is 51.5 Å². The molecule has 2 aromatic rings. The number of anilines is 1. The van der Waals surface area contributed by atoms with Gasteiger partial charge in [0, 0.05) is 42.8 Å². The molecule has 0 bridgehead atoms. The second-order valence-corrected chi connectivity index (χ2v) is 9.20. The number of para-hydroxylation sites is 1. The molecule has 0 spiro atoms. The van der Waals surface area contributed by atoms with E-state index in [-0.39, 0.29) is 18.0 Å². The Morgan fingerprint density at radius 1 is 1.09 bits per heavy atom. The number of ether oxygens (including phenoxy) is 1. The minimum Gasteiger partial charge on any atom is -0.444 e. The van der Waals surface area contributed by atoms with E-state index in [4.69, 9.17) is 9.73 Å². The van der Waals surface area contributed by atoms with Crippen molar-refractivity contribution in [2.45, 2.75) is 39.0 Å². The number of aromatic amines is 1. The van der Waals surface area contributed by atoms with Gasteiger partial charge in [-0.2, -0.15) is 0 Å². The molecule has 2 amide bonds. The molecule has 1 aromatic heterocycles. The summed E-state index contributed by atoms with van der Waals surface area (Å²) in [6.07, 6.45) is 4.95. The number of pyridine rings is 1. The number of amides is 2. The Hall–Kier alpha value is -3.88. The molecule has 2 aliphatic heterocycles. The number of aromatic nitrogens is 1. The Labute approximate surface area is 198 Å². The first-order valence-corrected chi connectivity index (χ1v) is 11.3. The van der Waals surface area contributed by atoms with E-state index in [9.17, 15) is 14.4 Å². The van der Waals surface area contributed by atoms with E-state index in [1.807, 2.05) is 47.5 Å². The monoisotopic (exact) mass is 463 g/mol. The zero-order chi connectivity index (χ0) is 24.3. The average Bonchev–Trinajstić information content (AvgIpc) is 3.00. The summed E-state index contributed by atoms with van der Waals surface area (Å²) in [7, 11) is 0. The summed E-state index contributed by atoms with van der Waals surface area (Å²) >= 11 is 0. The predicted molar refractivity (Wildman–Crippen MR) is 130 cm³/mol. The average molecular weight is 464 g/mol. The van der Waals surface area contributed by atoms with E-state index in [1.165, 1.54) is 11.0 Å². The Balaban J connectivity index is 1.60. The number of carbonyl (C=O) groups excluding carboxylic acids is 2. The van der Waals surface area contributed by atoms with Crippen LogP contribution in [0.15, 0.2) is 70.7 Å². The first-order valence-electron chi connectivity index (χ1n) is 11.3. The van der Waals surface area contributed by atoms with Crippen molar-refractivity contribution < 1.29 is 14.3 Å². The second-order valence-electron chi connectivity index (χ2n) is 9.20. The quantitative estimate of drug-likeness (QED) is 0.755. The van der Waals surface area contributed by atoms with Crippen LogP contribution in [-0.2, 0) is 9.53 Å². The van der Waals surface area contributed by atoms with Crippen LogP contribution >= 0.6 is 0 Å². The maximum Gasteiger partial charge on any atom is 0.410 e. The van der Waals surface area contributed by atoms with E-state index < -0.39 is 17.9 Å². The number of nitrogens with one attached hydrogen (secondary N) is 1. The molecule has 0 aliphatic carbocycles. The molecule has 9 heteroatoms. The van der Waals surface area contributed by atoms with E-state index in [0.717, 1.165) is 11.3 Å². The van der Waals surface area contributed by atoms with Crippen LogP contribution in [0.5, 0.6) is 0 Å². The maximum absolute atomic E-state index is 13.1. The van der Waals surface area contributed by atoms with Crippen molar-refractivity contribution in [3.8, 4) is 0 Å². The van der Waals surface area contributed by atoms with Crippen molar-refractivity contribution in [2.24, 2.45) is 4.99 Å². The summed E-state index contributed by atoms with van der Waals surface area (Å²) in [6, 6.07) is 12.9. The molecule has 4 rings (SSSR count). The first kappa shape index (κ1) is 23.3. The standard InChI is InChI=1S/C25H29N5O4/c1-25(2,3)34-24(33)28-13-7-14-30(22(32)17-28)20-12-15-29(19-8-5-4-6-9-19)23(27-20)18-10-11-21(31)26-16-18/h4-6,8-12,15-16,20H,7,13-14,17H2,1-3H3,(H,26,31). The van der Waals surface area contributed by atoms with E-state index in [1.54, 1.807) is 37.9 Å². The van der Waals surface area contributed by atoms with Gasteiger partial charge in [0.1, 0.15) is 24.1 Å². The number of carbonyl (C=O) groups is 2. The third kappa shape index (κ3) is 5.36. The van der Waals surface area contributed by atoms with E-state index in [2.05, 4.69) is 4.98 Å². The summed E-state index contributed by atoms with van der Waals surface area (Å²) in [5, 5.41) is 0. The molecule has 34 heavy (non-hydrogen) atoms. The van der Waals surface area contributed by atoms with Crippen LogP contribution in [-0.4, -0.2) is 64.0 Å². The molecule has 0 saturated carbocycles. The number of hydrogen-bond acceptors (Lipinski definition) is 6. The third-order valence-corrected chi connectivity index (χ3v) is 5.41. The van der Waals surface area contributed by atoms with Crippen LogP contribution in [0, 0.1) is 0 Å². The van der Waals surface area contributed by atoms with Crippen LogP contribution in [0.3, 0.4) is 0 Å². The molecular formula is C25H29N5O4. The van der Waals surface area contributed by atoms with Crippen LogP contribution in [0.25, 0.3) is 0 Å². The number of aliphatic imine (C=N–C) groups is 1. The molecule has 1 saturated heterocycles. The Morgan fingerprint density at radius 3 is 2.53 bits per heavy atom. The zero-order valence-electron chi connectivity index (χ0n) is 19.6. The molecule has 3 heterocycles. The molecule has 1 fully saturated rings. The Kier molecular flexibility index (Phi) is 6.54. The van der Waals surface area contributed by atoms with Gasteiger partial charge in [0.25, 0.3) is 0 Å². The fraction of sp³-hybridized carbons (Fsp3) is 0.360. The van der Waals surface area contributed by atoms with Gasteiger partial charge in [-0.15, -0.1) is 0 Å². The lowest BCUT2D eigenvalue weighted by Gasteiger charge is -2.33. The number of H-pyrrole nitrogens is 1. The van der Waals surface area contributed by atoms with E-state index in [0.29, 0.717) is 25.3 Å². The number of benzene rings is 1. The van der Waals surface area contributed by atoms with Crippen LogP contribution < -0.4 is 10.5 Å². The predicted octanol–water partition coefficient (Wildman–Crippen LogP) is 2.95. The van der Waals surface area contributed by atoms with Gasteiger partial charge in [0.15, 0.2) is 0 Å². The number of amidine groups is 1. The second kappa shape index (κ2) is 9.54. The molecule has 178 valence electrons. The van der Waals surface area contributed by atoms with Gasteiger partial charge in [0.2, 0.25) is 11.5 Å². The van der Waals surface area contributed by atoms with Crippen LogP contribution in [0.2, 0.25) is 0 Å². The number of hydrogen-bond donors (Lipinski definition) is 1. The molecule has 1 unspecified atom stereocenters. The first-order chi connectivity index (χ1) is 16.2. The lowest BCUT2D eigenvalue weighted by Crippen LogP contribution is -2.46. The van der Waals surface area contributed by atoms with Gasteiger partial charge < -0.3 is 19.5 Å². The van der Waals surface area contributed by atoms with Crippen molar-refractivity contribution in [3.63, 3.8) is 0 Å². The van der Waals surface area contributed by atoms with Crippen molar-refractivity contribution in [1.82, 2.24) is 14.8 Å². The molecule has 0 radical (unpaired) electrons. The fourth-order valence-corrected chi connectivity index (χ4v) is 3.85. The third-order valence-electron chi connectivity index (χ3n) is 5.41. The highest BCUT2D eigenvalue weighted by Crippen LogP contribution is 2.24. The number of rotatable bonds is 3. The topological polar surface area (TPSA) is 98.3 Å². The van der Waals surface area contributed by atoms with Crippen molar-refractivity contribution in [2.75, 3.05) is 24.5 Å². The van der Waals surface area contributed by atoms with Crippen LogP contribution in [0.1, 0.15) is 32.8 Å². The van der Waals surface area contributed by atoms with E-state index >= 15 is 0 Å². The molecule has 1 aromatic carbocycles. The molecule has 1 N–H and O–H groups in total. The highest BCUT2D eigenvalue weighted by Gasteiger charge is 2.32. The van der Waals surface area contributed by atoms with Gasteiger partial charge in [-0.25, -0.2) is 9.79 Å². The summed E-state index contributed by atoms with van der Waals surface area (Å²) in [5.74, 6) is 0.409. The Morgan fingerprint density at radius 2 is 1.85 bits per heavy atom. The van der Waals surface area contributed by atoms with Gasteiger partial charge in [-0.3, -0.25) is 14.5 Å². The fourth-order valence-electron chi connectivity index (χ4n) is 3.85. The number of nitrogens with zero attached hydrogens (tertiary/aromatic N) is 4. The van der Waals surface area contributed by atoms with Crippen molar-refractivity contribution >= 4 is 23.5 Å². The maximum atomic E-state index is 13.1. The normalized spacial score (nSPS) is 19.0. The highest BCUT2D eigenvalue weighted by molar-refractivity contribution is 6.11. The van der Waals surface area contributed by atoms with Gasteiger partial charge >= 0.3 is 6.09 Å².